The van der Waals surface area contributed by atoms with E-state index in [-0.39, 0.29) is 12.5 Å². The summed E-state index contributed by atoms with van der Waals surface area (Å²) in [6, 6.07) is 9.15. The minimum Gasteiger partial charge on any atom is -0.486 e. The fourth-order valence-corrected chi connectivity index (χ4v) is 3.56. The predicted molar refractivity (Wildman–Crippen MR) is 101 cm³/mol. The smallest absolute Gasteiger partial charge is 0.255 e. The van der Waals surface area contributed by atoms with Crippen LogP contribution in [0, 0.1) is 0 Å². The number of fused-ring (bicyclic) bond motifs is 2. The van der Waals surface area contributed by atoms with Gasteiger partial charge in [0, 0.05) is 13.1 Å². The van der Waals surface area contributed by atoms with Crippen molar-refractivity contribution in [3.63, 3.8) is 0 Å². The third kappa shape index (κ3) is 2.98. The first kappa shape index (κ1) is 16.8. The number of ether oxygens (including phenoxy) is 2. The van der Waals surface area contributed by atoms with Gasteiger partial charge >= 0.3 is 0 Å². The van der Waals surface area contributed by atoms with E-state index in [0.717, 1.165) is 18.9 Å². The topological polar surface area (TPSA) is 93.9 Å². The SMILES string of the molecule is O=C(NCc1nnc2ccc(N3CCCC3)nn12)c1cccc2c1OCCO2. The molecule has 3 aromatic rings. The molecular weight excluding hydrogens is 360 g/mol. The Morgan fingerprint density at radius 1 is 1.07 bits per heavy atom. The third-order valence-electron chi connectivity index (χ3n) is 4.96. The molecule has 4 heterocycles. The Morgan fingerprint density at radius 3 is 2.82 bits per heavy atom. The van der Waals surface area contributed by atoms with Gasteiger partial charge in [-0.2, -0.15) is 4.52 Å². The molecule has 0 radical (unpaired) electrons. The predicted octanol–water partition coefficient (Wildman–Crippen LogP) is 1.43. The van der Waals surface area contributed by atoms with Crippen LogP contribution in [0.1, 0.15) is 29.0 Å². The summed E-state index contributed by atoms with van der Waals surface area (Å²) in [5.41, 5.74) is 1.10. The number of nitrogens with zero attached hydrogens (tertiary/aromatic N) is 5. The van der Waals surface area contributed by atoms with E-state index in [1.54, 1.807) is 22.7 Å². The Morgan fingerprint density at radius 2 is 1.93 bits per heavy atom. The van der Waals surface area contributed by atoms with Crippen molar-refractivity contribution in [2.75, 3.05) is 31.2 Å². The van der Waals surface area contributed by atoms with Gasteiger partial charge in [-0.1, -0.05) is 6.07 Å². The molecule has 9 nitrogen and oxygen atoms in total. The highest BCUT2D eigenvalue weighted by atomic mass is 16.6. The van der Waals surface area contributed by atoms with Gasteiger partial charge in [-0.15, -0.1) is 15.3 Å². The van der Waals surface area contributed by atoms with Crippen molar-refractivity contribution in [1.82, 2.24) is 25.1 Å². The number of benzene rings is 1. The Balaban J connectivity index is 1.36. The maximum atomic E-state index is 12.7. The van der Waals surface area contributed by atoms with E-state index in [9.17, 15) is 4.79 Å². The minimum absolute atomic E-state index is 0.209. The van der Waals surface area contributed by atoms with Gasteiger partial charge < -0.3 is 19.7 Å². The number of carbonyl (C=O) groups excluding carboxylic acids is 1. The number of hydrogen-bond acceptors (Lipinski definition) is 7. The van der Waals surface area contributed by atoms with Gasteiger partial charge in [0.15, 0.2) is 23.0 Å². The van der Waals surface area contributed by atoms with E-state index in [1.165, 1.54) is 12.8 Å². The van der Waals surface area contributed by atoms with Crippen LogP contribution in [-0.2, 0) is 6.54 Å². The number of hydrogen-bond donors (Lipinski definition) is 1. The van der Waals surface area contributed by atoms with Gasteiger partial charge in [-0.05, 0) is 37.1 Å². The number of para-hydroxylation sites is 1. The summed E-state index contributed by atoms with van der Waals surface area (Å²) in [7, 11) is 0. The molecule has 0 aliphatic carbocycles. The molecule has 1 amide bonds. The zero-order chi connectivity index (χ0) is 18.9. The van der Waals surface area contributed by atoms with Crippen molar-refractivity contribution >= 4 is 17.4 Å². The lowest BCUT2D eigenvalue weighted by atomic mass is 10.1. The molecule has 28 heavy (non-hydrogen) atoms. The first-order valence-corrected chi connectivity index (χ1v) is 9.43. The number of amides is 1. The molecule has 1 fully saturated rings. The van der Waals surface area contributed by atoms with Crippen LogP contribution in [0.15, 0.2) is 30.3 Å². The fourth-order valence-electron chi connectivity index (χ4n) is 3.56. The van der Waals surface area contributed by atoms with E-state index in [1.807, 2.05) is 12.1 Å². The monoisotopic (exact) mass is 380 g/mol. The Labute approximate surface area is 161 Å². The molecular formula is C19H20N6O3. The van der Waals surface area contributed by atoms with E-state index >= 15 is 0 Å². The summed E-state index contributed by atoms with van der Waals surface area (Å²) < 4.78 is 12.8. The molecule has 9 heteroatoms. The van der Waals surface area contributed by atoms with Gasteiger partial charge in [-0.25, -0.2) is 0 Å². The second-order valence-corrected chi connectivity index (χ2v) is 6.78. The molecule has 0 bridgehead atoms. The summed E-state index contributed by atoms with van der Waals surface area (Å²) in [4.78, 5) is 14.9. The normalized spacial score (nSPS) is 15.8. The highest BCUT2D eigenvalue weighted by molar-refractivity contribution is 5.97. The zero-order valence-electron chi connectivity index (χ0n) is 15.3. The van der Waals surface area contributed by atoms with Crippen molar-refractivity contribution in [2.45, 2.75) is 19.4 Å². The molecule has 1 saturated heterocycles. The second kappa shape index (κ2) is 6.99. The van der Waals surface area contributed by atoms with Crippen molar-refractivity contribution in [1.29, 1.82) is 0 Å². The van der Waals surface area contributed by atoms with Crippen molar-refractivity contribution in [3.05, 3.63) is 41.7 Å². The van der Waals surface area contributed by atoms with Crippen LogP contribution in [0.2, 0.25) is 0 Å². The number of carbonyl (C=O) groups is 1. The zero-order valence-corrected chi connectivity index (χ0v) is 15.3. The van der Waals surface area contributed by atoms with Gasteiger partial charge in [0.25, 0.3) is 5.91 Å². The molecule has 0 unspecified atom stereocenters. The average molecular weight is 380 g/mol. The van der Waals surface area contributed by atoms with E-state index in [4.69, 9.17) is 9.47 Å². The summed E-state index contributed by atoms with van der Waals surface area (Å²) in [6.45, 7) is 3.13. The molecule has 5 rings (SSSR count). The van der Waals surface area contributed by atoms with Crippen LogP contribution >= 0.6 is 0 Å². The largest absolute Gasteiger partial charge is 0.486 e. The highest BCUT2D eigenvalue weighted by Crippen LogP contribution is 2.33. The second-order valence-electron chi connectivity index (χ2n) is 6.78. The lowest BCUT2D eigenvalue weighted by Gasteiger charge is -2.20. The van der Waals surface area contributed by atoms with E-state index in [2.05, 4.69) is 25.5 Å². The standard InChI is InChI=1S/C19H20N6O3/c26-19(13-4-3-5-14-18(13)28-11-10-27-14)20-12-17-22-21-15-6-7-16(23-25(15)17)24-8-1-2-9-24/h3-7H,1-2,8-12H2,(H,20,26). The Hall–Kier alpha value is -3.36. The molecule has 0 spiro atoms. The molecule has 2 aliphatic rings. The van der Waals surface area contributed by atoms with Crippen LogP contribution in [0.4, 0.5) is 5.82 Å². The Bertz CT molecular complexity index is 1030. The lowest BCUT2D eigenvalue weighted by molar-refractivity contribution is 0.0938. The minimum atomic E-state index is -0.255. The molecule has 1 N–H and O–H groups in total. The fraction of sp³-hybridized carbons (Fsp3) is 0.368. The summed E-state index contributed by atoms with van der Waals surface area (Å²) in [5, 5.41) is 15.9. The van der Waals surface area contributed by atoms with Crippen molar-refractivity contribution < 1.29 is 14.3 Å². The quantitative estimate of drug-likeness (QED) is 0.732. The highest BCUT2D eigenvalue weighted by Gasteiger charge is 2.21. The number of anilines is 1. The molecule has 0 atom stereocenters. The van der Waals surface area contributed by atoms with Gasteiger partial charge in [0.2, 0.25) is 0 Å². The Kier molecular flexibility index (Phi) is 4.19. The van der Waals surface area contributed by atoms with Crippen LogP contribution in [0.5, 0.6) is 11.5 Å². The van der Waals surface area contributed by atoms with Crippen LogP contribution in [0.25, 0.3) is 5.65 Å². The number of rotatable bonds is 4. The first-order chi connectivity index (χ1) is 13.8. The van der Waals surface area contributed by atoms with Gasteiger partial charge in [-0.3, -0.25) is 4.79 Å². The van der Waals surface area contributed by atoms with Crippen LogP contribution in [0.3, 0.4) is 0 Å². The lowest BCUT2D eigenvalue weighted by Crippen LogP contribution is -2.26. The summed E-state index contributed by atoms with van der Waals surface area (Å²) in [6.07, 6.45) is 2.36. The van der Waals surface area contributed by atoms with Crippen molar-refractivity contribution in [2.24, 2.45) is 0 Å². The molecule has 2 aromatic heterocycles. The maximum absolute atomic E-state index is 12.7. The molecule has 0 saturated carbocycles. The summed E-state index contributed by atoms with van der Waals surface area (Å²) in [5.74, 6) is 2.29. The average Bonchev–Trinajstić information content (AvgIpc) is 3.41. The maximum Gasteiger partial charge on any atom is 0.255 e. The van der Waals surface area contributed by atoms with Gasteiger partial charge in [0.05, 0.1) is 12.1 Å². The van der Waals surface area contributed by atoms with E-state index < -0.39 is 0 Å². The van der Waals surface area contributed by atoms with Crippen LogP contribution < -0.4 is 19.7 Å². The third-order valence-corrected chi connectivity index (χ3v) is 4.96. The van der Waals surface area contributed by atoms with E-state index in [0.29, 0.717) is 41.7 Å². The van der Waals surface area contributed by atoms with Crippen molar-refractivity contribution in [3.8, 4) is 11.5 Å². The molecule has 1 aromatic carbocycles. The van der Waals surface area contributed by atoms with Gasteiger partial charge in [0.1, 0.15) is 19.0 Å². The summed E-state index contributed by atoms with van der Waals surface area (Å²) >= 11 is 0. The molecule has 2 aliphatic heterocycles. The first-order valence-electron chi connectivity index (χ1n) is 9.43. The van der Waals surface area contributed by atoms with Crippen LogP contribution in [-0.4, -0.2) is 52.0 Å². The number of aromatic nitrogens is 4. The number of nitrogens with one attached hydrogen (secondary N) is 1. The molecule has 144 valence electrons.